The molecule has 2 rings (SSSR count). The molecule has 1 fully saturated rings. The van der Waals surface area contributed by atoms with Gasteiger partial charge in [0, 0.05) is 0 Å². The Morgan fingerprint density at radius 1 is 1.00 bits per heavy atom. The minimum Gasteiger partial charge on any atom is -0.0648 e. The zero-order valence-electron chi connectivity index (χ0n) is 8.46. The molecule has 0 unspecified atom stereocenters. The first kappa shape index (κ1) is 9.01. The Balaban J connectivity index is 2.25. The minimum absolute atomic E-state index is 0.245. The summed E-state index contributed by atoms with van der Waals surface area (Å²) in [6.45, 7) is 4.87. The molecular formula is C12H17Si. The fourth-order valence-electron chi connectivity index (χ4n) is 2.50. The second kappa shape index (κ2) is 3.67. The summed E-state index contributed by atoms with van der Waals surface area (Å²) < 4.78 is 0. The van der Waals surface area contributed by atoms with Crippen molar-refractivity contribution >= 4 is 14.0 Å². The summed E-state index contributed by atoms with van der Waals surface area (Å²) in [5.41, 5.74) is 1.95. The molecule has 0 spiro atoms. The summed E-state index contributed by atoms with van der Waals surface area (Å²) in [5.74, 6) is 0. The van der Waals surface area contributed by atoms with Gasteiger partial charge < -0.3 is 0 Å². The highest BCUT2D eigenvalue weighted by Gasteiger charge is 2.32. The zero-order chi connectivity index (χ0) is 9.26. The first-order chi connectivity index (χ1) is 6.29. The maximum absolute atomic E-state index is 2.44. The third-order valence-corrected chi connectivity index (χ3v) is 6.90. The molecule has 1 aliphatic rings. The maximum atomic E-state index is 2.44. The summed E-state index contributed by atoms with van der Waals surface area (Å²) >= 11 is 0. The van der Waals surface area contributed by atoms with Gasteiger partial charge in [-0.2, -0.15) is 0 Å². The lowest BCUT2D eigenvalue weighted by Crippen LogP contribution is -2.32. The highest BCUT2D eigenvalue weighted by Crippen LogP contribution is 2.37. The van der Waals surface area contributed by atoms with Crippen molar-refractivity contribution in [3.05, 3.63) is 30.3 Å². The third-order valence-electron chi connectivity index (χ3n) is 3.20. The minimum atomic E-state index is -0.245. The molecule has 0 amide bonds. The summed E-state index contributed by atoms with van der Waals surface area (Å²) in [6, 6.07) is 11.1. The summed E-state index contributed by atoms with van der Waals surface area (Å²) in [7, 11) is -0.245. The first-order valence-electron chi connectivity index (χ1n) is 5.21. The highest BCUT2D eigenvalue weighted by atomic mass is 28.3. The van der Waals surface area contributed by atoms with Crippen LogP contribution in [0.3, 0.4) is 0 Å². The number of rotatable bonds is 1. The molecule has 1 heterocycles. The van der Waals surface area contributed by atoms with Gasteiger partial charge in [-0.25, -0.2) is 0 Å². The molecule has 0 N–H and O–H groups in total. The van der Waals surface area contributed by atoms with Crippen molar-refractivity contribution in [2.45, 2.75) is 37.8 Å². The van der Waals surface area contributed by atoms with Crippen molar-refractivity contribution in [2.24, 2.45) is 0 Å². The predicted molar refractivity (Wildman–Crippen MR) is 59.9 cm³/mol. The SMILES string of the molecule is C[C@@H]1CC[C@@H](C)[Si]1c1ccccc1. The Morgan fingerprint density at radius 2 is 1.54 bits per heavy atom. The van der Waals surface area contributed by atoms with Gasteiger partial charge >= 0.3 is 0 Å². The zero-order valence-corrected chi connectivity index (χ0v) is 9.46. The average molecular weight is 189 g/mol. The van der Waals surface area contributed by atoms with Gasteiger partial charge in [0.2, 0.25) is 0 Å². The summed E-state index contributed by atoms with van der Waals surface area (Å²) in [5, 5.41) is 1.64. The number of benzene rings is 1. The molecule has 1 aromatic carbocycles. The Kier molecular flexibility index (Phi) is 2.54. The molecule has 0 saturated carbocycles. The smallest absolute Gasteiger partial charge is 0.0648 e. The van der Waals surface area contributed by atoms with E-state index in [0.717, 1.165) is 11.1 Å². The second-order valence-corrected chi connectivity index (χ2v) is 7.66. The van der Waals surface area contributed by atoms with Crippen LogP contribution < -0.4 is 5.19 Å². The molecule has 0 nitrogen and oxygen atoms in total. The lowest BCUT2D eigenvalue weighted by Gasteiger charge is -2.17. The third kappa shape index (κ3) is 1.71. The topological polar surface area (TPSA) is 0 Å². The van der Waals surface area contributed by atoms with E-state index in [1.54, 1.807) is 5.19 Å². The lowest BCUT2D eigenvalue weighted by molar-refractivity contribution is 0.765. The van der Waals surface area contributed by atoms with E-state index < -0.39 is 0 Å². The van der Waals surface area contributed by atoms with Gasteiger partial charge in [-0.15, -0.1) is 0 Å². The summed E-state index contributed by atoms with van der Waals surface area (Å²) in [4.78, 5) is 0. The normalized spacial score (nSPS) is 29.4. The van der Waals surface area contributed by atoms with Crippen LogP contribution in [0.15, 0.2) is 30.3 Å². The van der Waals surface area contributed by atoms with E-state index in [4.69, 9.17) is 0 Å². The first-order valence-corrected chi connectivity index (χ1v) is 6.86. The fraction of sp³-hybridized carbons (Fsp3) is 0.500. The van der Waals surface area contributed by atoms with Gasteiger partial charge in [-0.05, 0) is 11.1 Å². The van der Waals surface area contributed by atoms with Crippen LogP contribution in [0.1, 0.15) is 26.7 Å². The van der Waals surface area contributed by atoms with Crippen molar-refractivity contribution in [3.8, 4) is 0 Å². The van der Waals surface area contributed by atoms with Crippen molar-refractivity contribution < 1.29 is 0 Å². The summed E-state index contributed by atoms with van der Waals surface area (Å²) in [6.07, 6.45) is 2.90. The molecule has 1 heteroatoms. The van der Waals surface area contributed by atoms with Gasteiger partial charge in [-0.3, -0.25) is 0 Å². The van der Waals surface area contributed by atoms with Gasteiger partial charge in [0.15, 0.2) is 0 Å². The molecule has 69 valence electrons. The number of hydrogen-bond acceptors (Lipinski definition) is 0. The van der Waals surface area contributed by atoms with E-state index in [1.165, 1.54) is 12.8 Å². The molecule has 0 bridgehead atoms. The largest absolute Gasteiger partial charge is 0.0915 e. The van der Waals surface area contributed by atoms with Crippen LogP contribution >= 0.6 is 0 Å². The van der Waals surface area contributed by atoms with Gasteiger partial charge in [0.25, 0.3) is 0 Å². The molecule has 0 aliphatic carbocycles. The van der Waals surface area contributed by atoms with E-state index in [0.29, 0.717) is 0 Å². The molecular weight excluding hydrogens is 172 g/mol. The van der Waals surface area contributed by atoms with Crippen LogP contribution in [0, 0.1) is 0 Å². The van der Waals surface area contributed by atoms with Crippen LogP contribution in [0.4, 0.5) is 0 Å². The van der Waals surface area contributed by atoms with Crippen LogP contribution in [-0.2, 0) is 0 Å². The number of hydrogen-bond donors (Lipinski definition) is 0. The van der Waals surface area contributed by atoms with Crippen LogP contribution in [-0.4, -0.2) is 8.80 Å². The second-order valence-electron chi connectivity index (χ2n) is 4.20. The Hall–Kier alpha value is -0.563. The maximum Gasteiger partial charge on any atom is 0.0915 e. The van der Waals surface area contributed by atoms with Crippen LogP contribution in [0.5, 0.6) is 0 Å². The molecule has 1 aromatic rings. The quantitative estimate of drug-likeness (QED) is 0.596. The van der Waals surface area contributed by atoms with Crippen molar-refractivity contribution in [1.82, 2.24) is 0 Å². The van der Waals surface area contributed by atoms with Crippen molar-refractivity contribution in [2.75, 3.05) is 0 Å². The molecule has 1 saturated heterocycles. The Labute approximate surface area is 82.6 Å². The standard InChI is InChI=1S/C12H17Si/c1-10-8-9-11(2)13(10)12-6-4-3-5-7-12/h3-7,10-11H,8-9H2,1-2H3/t10-,11-/m1/s1. The predicted octanol–water partition coefficient (Wildman–Crippen LogP) is 2.96. The molecule has 13 heavy (non-hydrogen) atoms. The van der Waals surface area contributed by atoms with E-state index in [2.05, 4.69) is 44.2 Å². The van der Waals surface area contributed by atoms with Crippen LogP contribution in [0.25, 0.3) is 0 Å². The van der Waals surface area contributed by atoms with E-state index in [1.807, 2.05) is 0 Å². The molecule has 2 atom stereocenters. The molecule has 1 radical (unpaired) electrons. The van der Waals surface area contributed by atoms with E-state index >= 15 is 0 Å². The molecule has 1 aliphatic heterocycles. The molecule has 0 aromatic heterocycles. The van der Waals surface area contributed by atoms with Gasteiger partial charge in [0.05, 0.1) is 8.80 Å². The highest BCUT2D eigenvalue weighted by molar-refractivity contribution is 6.76. The lowest BCUT2D eigenvalue weighted by atomic mass is 10.2. The van der Waals surface area contributed by atoms with E-state index in [-0.39, 0.29) is 8.80 Å². The Bertz CT molecular complexity index is 258. The van der Waals surface area contributed by atoms with Crippen LogP contribution in [0.2, 0.25) is 11.1 Å². The van der Waals surface area contributed by atoms with Crippen molar-refractivity contribution in [3.63, 3.8) is 0 Å². The monoisotopic (exact) mass is 189 g/mol. The van der Waals surface area contributed by atoms with Crippen molar-refractivity contribution in [1.29, 1.82) is 0 Å². The fourth-order valence-corrected chi connectivity index (χ4v) is 6.14. The van der Waals surface area contributed by atoms with Gasteiger partial charge in [0.1, 0.15) is 0 Å². The van der Waals surface area contributed by atoms with Gasteiger partial charge in [-0.1, -0.05) is 62.2 Å². The van der Waals surface area contributed by atoms with E-state index in [9.17, 15) is 0 Å². The Morgan fingerprint density at radius 3 is 2.08 bits per heavy atom. The average Bonchev–Trinajstić information content (AvgIpc) is 2.48.